The van der Waals surface area contributed by atoms with Gasteiger partial charge in [-0.2, -0.15) is 0 Å². The molecule has 0 amide bonds. The summed E-state index contributed by atoms with van der Waals surface area (Å²) in [7, 11) is 0. The molecule has 0 bridgehead atoms. The van der Waals surface area contributed by atoms with E-state index < -0.39 is 0 Å². The smallest absolute Gasteiger partial charge is 0.136 e. The molecular formula is C55H36O. The lowest BCUT2D eigenvalue weighted by Crippen LogP contribution is -2.15. The number of hydrogen-bond acceptors (Lipinski definition) is 1. The van der Waals surface area contributed by atoms with E-state index in [-0.39, 0.29) is 5.41 Å². The molecule has 0 atom stereocenters. The molecule has 56 heavy (non-hydrogen) atoms. The van der Waals surface area contributed by atoms with Crippen molar-refractivity contribution in [3.05, 3.63) is 193 Å². The van der Waals surface area contributed by atoms with E-state index in [1.54, 1.807) is 0 Å². The van der Waals surface area contributed by atoms with E-state index in [0.29, 0.717) is 0 Å². The van der Waals surface area contributed by atoms with Gasteiger partial charge in [0.2, 0.25) is 0 Å². The number of furan rings is 1. The van der Waals surface area contributed by atoms with Crippen molar-refractivity contribution in [3.63, 3.8) is 0 Å². The third kappa shape index (κ3) is 4.37. The standard InChI is InChI=1S/C55H36O/c1-55(2)47-28-29-48-53(52(47)46-27-24-34-14-6-7-15-40(34)54(46)55)45-26-25-39(32-49(45)56-48)51-43-18-10-8-16-41(43)50(42-17-9-11-19-44(42)51)38-23-22-36-30-35(20-21-37(36)31-38)33-12-4-3-5-13-33/h3-32H,1-2H3. The van der Waals surface area contributed by atoms with E-state index in [4.69, 9.17) is 4.42 Å². The van der Waals surface area contributed by atoms with Gasteiger partial charge in [0.1, 0.15) is 11.2 Å². The Morgan fingerprint density at radius 1 is 0.357 bits per heavy atom. The Hall–Kier alpha value is -6.96. The first-order valence-electron chi connectivity index (χ1n) is 19.6. The summed E-state index contributed by atoms with van der Waals surface area (Å²) in [6.45, 7) is 4.74. The molecule has 0 aliphatic heterocycles. The predicted molar refractivity (Wildman–Crippen MR) is 238 cm³/mol. The van der Waals surface area contributed by atoms with Crippen LogP contribution < -0.4 is 0 Å². The van der Waals surface area contributed by atoms with Crippen molar-refractivity contribution < 1.29 is 4.42 Å². The quantitative estimate of drug-likeness (QED) is 0.166. The average Bonchev–Trinajstić information content (AvgIpc) is 3.73. The van der Waals surface area contributed by atoms with Crippen molar-refractivity contribution in [2.45, 2.75) is 19.3 Å². The fraction of sp³-hybridized carbons (Fsp3) is 0.0545. The van der Waals surface area contributed by atoms with Crippen LogP contribution in [0.2, 0.25) is 0 Å². The molecule has 262 valence electrons. The summed E-state index contributed by atoms with van der Waals surface area (Å²) in [4.78, 5) is 0. The lowest BCUT2D eigenvalue weighted by molar-refractivity contribution is 0.660. The summed E-state index contributed by atoms with van der Waals surface area (Å²) in [5.41, 5.74) is 14.5. The second-order valence-corrected chi connectivity index (χ2v) is 16.0. The van der Waals surface area contributed by atoms with Crippen molar-refractivity contribution in [3.8, 4) is 44.5 Å². The Morgan fingerprint density at radius 2 is 0.911 bits per heavy atom. The molecular weight excluding hydrogens is 677 g/mol. The highest BCUT2D eigenvalue weighted by atomic mass is 16.3. The summed E-state index contributed by atoms with van der Waals surface area (Å²) in [6, 6.07) is 67.0. The third-order valence-electron chi connectivity index (χ3n) is 12.6. The average molecular weight is 713 g/mol. The minimum Gasteiger partial charge on any atom is -0.456 e. The first-order valence-corrected chi connectivity index (χ1v) is 19.6. The summed E-state index contributed by atoms with van der Waals surface area (Å²) < 4.78 is 6.81. The fourth-order valence-corrected chi connectivity index (χ4v) is 10.1. The number of hydrogen-bond donors (Lipinski definition) is 0. The fourth-order valence-electron chi connectivity index (χ4n) is 10.1. The molecule has 1 aliphatic carbocycles. The monoisotopic (exact) mass is 712 g/mol. The lowest BCUT2D eigenvalue weighted by Gasteiger charge is -2.23. The van der Waals surface area contributed by atoms with Crippen molar-refractivity contribution in [2.24, 2.45) is 0 Å². The third-order valence-corrected chi connectivity index (χ3v) is 12.6. The highest BCUT2D eigenvalue weighted by Crippen LogP contribution is 2.55. The maximum absolute atomic E-state index is 6.81. The minimum absolute atomic E-state index is 0.126. The van der Waals surface area contributed by atoms with Gasteiger partial charge in [-0.1, -0.05) is 166 Å². The van der Waals surface area contributed by atoms with Crippen LogP contribution in [0, 0.1) is 0 Å². The highest BCUT2D eigenvalue weighted by Gasteiger charge is 2.38. The second kappa shape index (κ2) is 11.5. The molecule has 0 unspecified atom stereocenters. The van der Waals surface area contributed by atoms with Gasteiger partial charge in [0.25, 0.3) is 0 Å². The topological polar surface area (TPSA) is 13.1 Å². The van der Waals surface area contributed by atoms with Crippen molar-refractivity contribution in [1.29, 1.82) is 0 Å². The largest absolute Gasteiger partial charge is 0.456 e. The summed E-state index contributed by atoms with van der Waals surface area (Å²) in [6.07, 6.45) is 0. The van der Waals surface area contributed by atoms with Gasteiger partial charge < -0.3 is 4.42 Å². The SMILES string of the molecule is CC1(C)c2ccc3oc4cc(-c5c6ccccc6c(-c6ccc7cc(-c8ccccc8)ccc7c6)c6ccccc56)ccc4c3c2-c2ccc3ccccc3c21. The van der Waals surface area contributed by atoms with E-state index in [2.05, 4.69) is 196 Å². The molecule has 11 aromatic rings. The zero-order valence-corrected chi connectivity index (χ0v) is 31.2. The van der Waals surface area contributed by atoms with E-state index in [0.717, 1.165) is 22.1 Å². The molecule has 0 N–H and O–H groups in total. The van der Waals surface area contributed by atoms with Crippen LogP contribution in [0.4, 0.5) is 0 Å². The Morgan fingerprint density at radius 3 is 1.61 bits per heavy atom. The zero-order valence-electron chi connectivity index (χ0n) is 31.2. The number of benzene rings is 10. The zero-order chi connectivity index (χ0) is 37.1. The van der Waals surface area contributed by atoms with Gasteiger partial charge >= 0.3 is 0 Å². The van der Waals surface area contributed by atoms with Gasteiger partial charge in [-0.3, -0.25) is 0 Å². The molecule has 0 saturated carbocycles. The van der Waals surface area contributed by atoms with Crippen LogP contribution in [0.3, 0.4) is 0 Å². The van der Waals surface area contributed by atoms with Gasteiger partial charge in [-0.05, 0) is 129 Å². The van der Waals surface area contributed by atoms with Crippen LogP contribution in [-0.4, -0.2) is 0 Å². The maximum atomic E-state index is 6.81. The number of rotatable bonds is 3. The predicted octanol–water partition coefficient (Wildman–Crippen LogP) is 15.5. The molecule has 0 saturated heterocycles. The molecule has 0 spiro atoms. The molecule has 0 radical (unpaired) electrons. The van der Waals surface area contributed by atoms with Crippen LogP contribution >= 0.6 is 0 Å². The van der Waals surface area contributed by atoms with Gasteiger partial charge in [0.15, 0.2) is 0 Å². The summed E-state index contributed by atoms with van der Waals surface area (Å²) >= 11 is 0. The van der Waals surface area contributed by atoms with Gasteiger partial charge in [0.05, 0.1) is 0 Å². The maximum Gasteiger partial charge on any atom is 0.136 e. The van der Waals surface area contributed by atoms with E-state index in [9.17, 15) is 0 Å². The van der Waals surface area contributed by atoms with Gasteiger partial charge in [-0.25, -0.2) is 0 Å². The van der Waals surface area contributed by atoms with E-state index in [1.807, 2.05) is 0 Å². The van der Waals surface area contributed by atoms with Crippen molar-refractivity contribution in [2.75, 3.05) is 0 Å². The number of fused-ring (bicyclic) bond motifs is 12. The van der Waals surface area contributed by atoms with Crippen LogP contribution in [0.1, 0.15) is 25.0 Å². The lowest BCUT2D eigenvalue weighted by atomic mass is 9.80. The van der Waals surface area contributed by atoms with Gasteiger partial charge in [-0.15, -0.1) is 0 Å². The van der Waals surface area contributed by atoms with E-state index >= 15 is 0 Å². The Bertz CT molecular complexity index is 3380. The van der Waals surface area contributed by atoms with Crippen molar-refractivity contribution >= 4 is 65.0 Å². The molecule has 1 heterocycles. The van der Waals surface area contributed by atoms with Crippen LogP contribution in [-0.2, 0) is 5.41 Å². The molecule has 1 aliphatic rings. The molecule has 1 aromatic heterocycles. The van der Waals surface area contributed by atoms with Gasteiger partial charge in [0, 0.05) is 16.2 Å². The second-order valence-electron chi connectivity index (χ2n) is 16.0. The molecule has 0 fully saturated rings. The first-order chi connectivity index (χ1) is 27.5. The minimum atomic E-state index is -0.126. The first kappa shape index (κ1) is 31.4. The van der Waals surface area contributed by atoms with E-state index in [1.165, 1.54) is 98.5 Å². The molecule has 10 aromatic carbocycles. The molecule has 1 nitrogen and oxygen atoms in total. The van der Waals surface area contributed by atoms with Crippen LogP contribution in [0.5, 0.6) is 0 Å². The normalized spacial score (nSPS) is 13.3. The Kier molecular flexibility index (Phi) is 6.46. The molecule has 1 heteroatoms. The van der Waals surface area contributed by atoms with Crippen LogP contribution in [0.15, 0.2) is 186 Å². The van der Waals surface area contributed by atoms with Crippen LogP contribution in [0.25, 0.3) is 110 Å². The Labute approximate surface area is 325 Å². The summed E-state index contributed by atoms with van der Waals surface area (Å²) in [5, 5.41) is 12.4. The van der Waals surface area contributed by atoms with Crippen molar-refractivity contribution in [1.82, 2.24) is 0 Å². The Balaban J connectivity index is 1.05. The highest BCUT2D eigenvalue weighted by molar-refractivity contribution is 6.23. The molecule has 12 rings (SSSR count). The summed E-state index contributed by atoms with van der Waals surface area (Å²) in [5.74, 6) is 0.